The van der Waals surface area contributed by atoms with Gasteiger partial charge in [-0.2, -0.15) is 0 Å². The predicted molar refractivity (Wildman–Crippen MR) is 70.8 cm³/mol. The summed E-state index contributed by atoms with van der Waals surface area (Å²) in [5.74, 6) is 0.271. The van der Waals surface area contributed by atoms with E-state index in [9.17, 15) is 9.18 Å². The number of nitrogens with one attached hydrogen (secondary N) is 2. The second kappa shape index (κ2) is 6.02. The number of benzene rings is 1. The molecule has 1 amide bonds. The summed E-state index contributed by atoms with van der Waals surface area (Å²) >= 11 is 0. The van der Waals surface area contributed by atoms with Gasteiger partial charge >= 0.3 is 0 Å². The number of carbonyl (C=O) groups excluding carboxylic acids is 1. The highest BCUT2D eigenvalue weighted by atomic mass is 19.1. The number of hydrogen-bond donors (Lipinski definition) is 2. The average Bonchev–Trinajstić information content (AvgIpc) is 2.46. The lowest BCUT2D eigenvalue weighted by molar-refractivity contribution is -0.123. The first-order valence-electron chi connectivity index (χ1n) is 6.44. The molecule has 4 nitrogen and oxygen atoms in total. The second-order valence-corrected chi connectivity index (χ2v) is 4.73. The number of carbonyl (C=O) groups is 1. The van der Waals surface area contributed by atoms with Crippen molar-refractivity contribution in [2.45, 2.75) is 24.8 Å². The molecule has 0 radical (unpaired) electrons. The fourth-order valence-electron chi connectivity index (χ4n) is 2.54. The second-order valence-electron chi connectivity index (χ2n) is 4.73. The lowest BCUT2D eigenvalue weighted by Crippen LogP contribution is -2.47. The minimum absolute atomic E-state index is 0.0429. The molecule has 2 unspecified atom stereocenters. The number of likely N-dealkylation sites (N-methyl/N-ethyl adjacent to an activating group) is 1. The molecule has 1 fully saturated rings. The third kappa shape index (κ3) is 3.04. The summed E-state index contributed by atoms with van der Waals surface area (Å²) < 4.78 is 19.0. The van der Waals surface area contributed by atoms with Crippen molar-refractivity contribution < 1.29 is 13.9 Å². The van der Waals surface area contributed by atoms with E-state index in [4.69, 9.17) is 4.74 Å². The highest BCUT2D eigenvalue weighted by Crippen LogP contribution is 2.31. The Morgan fingerprint density at radius 1 is 1.53 bits per heavy atom. The van der Waals surface area contributed by atoms with Crippen molar-refractivity contribution >= 4 is 5.91 Å². The van der Waals surface area contributed by atoms with Gasteiger partial charge in [0.2, 0.25) is 5.91 Å². The maximum atomic E-state index is 14.0. The SMILES string of the molecule is CNC(=O)C1CC(c2ccc(OC)cc2F)CCN1. The Balaban J connectivity index is 2.15. The first kappa shape index (κ1) is 13.8. The van der Waals surface area contributed by atoms with Crippen LogP contribution >= 0.6 is 0 Å². The third-order valence-electron chi connectivity index (χ3n) is 3.61. The molecule has 1 heterocycles. The third-order valence-corrected chi connectivity index (χ3v) is 3.61. The summed E-state index contributed by atoms with van der Waals surface area (Å²) in [5, 5.41) is 5.78. The number of ether oxygens (including phenoxy) is 1. The molecule has 0 spiro atoms. The van der Waals surface area contributed by atoms with Crippen LogP contribution in [0.25, 0.3) is 0 Å². The van der Waals surface area contributed by atoms with E-state index in [1.807, 2.05) is 0 Å². The zero-order chi connectivity index (χ0) is 13.8. The van der Waals surface area contributed by atoms with Gasteiger partial charge in [0.05, 0.1) is 13.2 Å². The molecule has 104 valence electrons. The Kier molecular flexibility index (Phi) is 4.37. The summed E-state index contributed by atoms with van der Waals surface area (Å²) in [5.41, 5.74) is 0.663. The van der Waals surface area contributed by atoms with Crippen LogP contribution in [0, 0.1) is 5.82 Å². The smallest absolute Gasteiger partial charge is 0.236 e. The van der Waals surface area contributed by atoms with Crippen LogP contribution < -0.4 is 15.4 Å². The molecule has 1 aromatic carbocycles. The highest BCUT2D eigenvalue weighted by molar-refractivity contribution is 5.81. The largest absolute Gasteiger partial charge is 0.497 e. The highest BCUT2D eigenvalue weighted by Gasteiger charge is 2.28. The minimum atomic E-state index is -0.262. The molecular weight excluding hydrogens is 247 g/mol. The molecule has 1 aliphatic rings. The molecule has 5 heteroatoms. The predicted octanol–water partition coefficient (Wildman–Crippen LogP) is 1.42. The maximum absolute atomic E-state index is 14.0. The first-order valence-corrected chi connectivity index (χ1v) is 6.44. The Bertz CT molecular complexity index is 465. The lowest BCUT2D eigenvalue weighted by Gasteiger charge is -2.29. The molecule has 0 saturated carbocycles. The zero-order valence-corrected chi connectivity index (χ0v) is 11.2. The van der Waals surface area contributed by atoms with Gasteiger partial charge in [0.1, 0.15) is 11.6 Å². The van der Waals surface area contributed by atoms with Crippen LogP contribution in [0.3, 0.4) is 0 Å². The standard InChI is InChI=1S/C14H19FN2O2/c1-16-14(18)13-7-9(5-6-17-13)11-4-3-10(19-2)8-12(11)15/h3-4,8-9,13,17H,5-7H2,1-2H3,(H,16,18). The molecule has 2 N–H and O–H groups in total. The van der Waals surface area contributed by atoms with E-state index in [0.29, 0.717) is 24.3 Å². The number of hydrogen-bond acceptors (Lipinski definition) is 3. The van der Waals surface area contributed by atoms with Gasteiger partial charge in [0.15, 0.2) is 0 Å². The van der Waals surface area contributed by atoms with Gasteiger partial charge in [-0.3, -0.25) is 4.79 Å². The van der Waals surface area contributed by atoms with Crippen molar-refractivity contribution in [3.05, 3.63) is 29.6 Å². The van der Waals surface area contributed by atoms with Gasteiger partial charge in [0, 0.05) is 13.1 Å². The fraction of sp³-hybridized carbons (Fsp3) is 0.500. The quantitative estimate of drug-likeness (QED) is 0.870. The van der Waals surface area contributed by atoms with E-state index in [1.165, 1.54) is 13.2 Å². The van der Waals surface area contributed by atoms with E-state index in [1.54, 1.807) is 19.2 Å². The molecule has 1 aliphatic heterocycles. The Hall–Kier alpha value is -1.62. The number of piperidine rings is 1. The molecule has 0 aromatic heterocycles. The molecular formula is C14H19FN2O2. The molecule has 1 saturated heterocycles. The molecule has 2 atom stereocenters. The van der Waals surface area contributed by atoms with Crippen LogP contribution in [-0.4, -0.2) is 32.7 Å². The maximum Gasteiger partial charge on any atom is 0.236 e. The van der Waals surface area contributed by atoms with E-state index < -0.39 is 0 Å². The van der Waals surface area contributed by atoms with E-state index in [2.05, 4.69) is 10.6 Å². The van der Waals surface area contributed by atoms with E-state index in [-0.39, 0.29) is 23.7 Å². The molecule has 19 heavy (non-hydrogen) atoms. The number of halogens is 1. The summed E-state index contributed by atoms with van der Waals surface area (Å²) in [6.07, 6.45) is 1.44. The van der Waals surface area contributed by atoms with Crippen molar-refractivity contribution in [1.29, 1.82) is 0 Å². The topological polar surface area (TPSA) is 50.4 Å². The zero-order valence-electron chi connectivity index (χ0n) is 11.2. The van der Waals surface area contributed by atoms with Crippen molar-refractivity contribution in [3.63, 3.8) is 0 Å². The molecule has 0 bridgehead atoms. The Morgan fingerprint density at radius 2 is 2.32 bits per heavy atom. The van der Waals surface area contributed by atoms with Crippen LogP contribution in [0.1, 0.15) is 24.3 Å². The van der Waals surface area contributed by atoms with Gasteiger partial charge in [-0.05, 0) is 36.9 Å². The van der Waals surface area contributed by atoms with Crippen LogP contribution in [0.15, 0.2) is 18.2 Å². The van der Waals surface area contributed by atoms with E-state index in [0.717, 1.165) is 6.42 Å². The summed E-state index contributed by atoms with van der Waals surface area (Å²) in [6, 6.07) is 4.66. The Morgan fingerprint density at radius 3 is 2.95 bits per heavy atom. The number of rotatable bonds is 3. The average molecular weight is 266 g/mol. The van der Waals surface area contributed by atoms with Crippen molar-refractivity contribution in [2.75, 3.05) is 20.7 Å². The van der Waals surface area contributed by atoms with Gasteiger partial charge < -0.3 is 15.4 Å². The lowest BCUT2D eigenvalue weighted by atomic mass is 9.86. The van der Waals surface area contributed by atoms with Gasteiger partial charge in [0.25, 0.3) is 0 Å². The number of amides is 1. The molecule has 1 aromatic rings. The van der Waals surface area contributed by atoms with Crippen LogP contribution in [-0.2, 0) is 4.79 Å². The minimum Gasteiger partial charge on any atom is -0.497 e. The van der Waals surface area contributed by atoms with Crippen molar-refractivity contribution in [2.24, 2.45) is 0 Å². The molecule has 0 aliphatic carbocycles. The summed E-state index contributed by atoms with van der Waals surface area (Å²) in [7, 11) is 3.13. The number of methoxy groups -OCH3 is 1. The van der Waals surface area contributed by atoms with Crippen LogP contribution in [0.4, 0.5) is 4.39 Å². The van der Waals surface area contributed by atoms with Gasteiger partial charge in [-0.25, -0.2) is 4.39 Å². The van der Waals surface area contributed by atoms with Crippen molar-refractivity contribution in [1.82, 2.24) is 10.6 Å². The van der Waals surface area contributed by atoms with E-state index >= 15 is 0 Å². The summed E-state index contributed by atoms with van der Waals surface area (Å²) in [4.78, 5) is 11.6. The van der Waals surface area contributed by atoms with Crippen molar-refractivity contribution in [3.8, 4) is 5.75 Å². The molecule has 2 rings (SSSR count). The monoisotopic (exact) mass is 266 g/mol. The van der Waals surface area contributed by atoms with Crippen LogP contribution in [0.5, 0.6) is 5.75 Å². The normalized spacial score (nSPS) is 22.9. The van der Waals surface area contributed by atoms with Crippen LogP contribution in [0.2, 0.25) is 0 Å². The fourth-order valence-corrected chi connectivity index (χ4v) is 2.54. The van der Waals surface area contributed by atoms with Gasteiger partial charge in [-0.15, -0.1) is 0 Å². The first-order chi connectivity index (χ1) is 9.15. The Labute approximate surface area is 112 Å². The summed E-state index contributed by atoms with van der Waals surface area (Å²) in [6.45, 7) is 0.716. The van der Waals surface area contributed by atoms with Gasteiger partial charge in [-0.1, -0.05) is 6.07 Å².